The minimum Gasteiger partial charge on any atom is -0.396 e. The van der Waals surface area contributed by atoms with E-state index in [1.54, 1.807) is 12.1 Å². The van der Waals surface area contributed by atoms with Gasteiger partial charge in [-0.2, -0.15) is 0 Å². The van der Waals surface area contributed by atoms with Crippen LogP contribution in [0.15, 0.2) is 24.3 Å². The Morgan fingerprint density at radius 2 is 2.00 bits per heavy atom. The van der Waals surface area contributed by atoms with Crippen LogP contribution in [0.2, 0.25) is 0 Å². The predicted octanol–water partition coefficient (Wildman–Crippen LogP) is 3.05. The molecule has 0 unspecified atom stereocenters. The summed E-state index contributed by atoms with van der Waals surface area (Å²) < 4.78 is 13.4. The van der Waals surface area contributed by atoms with Crippen LogP contribution in [0.4, 0.5) is 9.18 Å². The highest BCUT2D eigenvalue weighted by molar-refractivity contribution is 5.74. The van der Waals surface area contributed by atoms with Crippen molar-refractivity contribution in [2.45, 2.75) is 44.4 Å². The molecule has 1 aromatic rings. The summed E-state index contributed by atoms with van der Waals surface area (Å²) in [5.41, 5.74) is 0.869. The van der Waals surface area contributed by atoms with Crippen LogP contribution in [0.25, 0.3) is 0 Å². The van der Waals surface area contributed by atoms with E-state index in [1.807, 2.05) is 11.0 Å². The summed E-state index contributed by atoms with van der Waals surface area (Å²) in [7, 11) is 0. The van der Waals surface area contributed by atoms with Gasteiger partial charge >= 0.3 is 6.03 Å². The Labute approximate surface area is 143 Å². The molecular formula is C19H27FN2O2. The topological polar surface area (TPSA) is 52.6 Å². The number of likely N-dealkylation sites (tertiary alicyclic amines) is 1. The Hall–Kier alpha value is -1.62. The van der Waals surface area contributed by atoms with Gasteiger partial charge < -0.3 is 15.3 Å². The maximum Gasteiger partial charge on any atom is 0.317 e. The summed E-state index contributed by atoms with van der Waals surface area (Å²) in [6.45, 7) is 4.23. The zero-order valence-electron chi connectivity index (χ0n) is 14.4. The standard InChI is InChI=1S/C19H27FN2O2/c1-2-18(14-23)8-10-22(11-9-18)17(24)21-13-19(6-7-19)15-4-3-5-16(20)12-15/h3-5,12,23H,2,6-11,13-14H2,1H3,(H,21,24). The third kappa shape index (κ3) is 3.41. The van der Waals surface area contributed by atoms with Gasteiger partial charge in [-0.1, -0.05) is 19.1 Å². The number of urea groups is 1. The Balaban J connectivity index is 1.53. The lowest BCUT2D eigenvalue weighted by Gasteiger charge is -2.40. The number of carbonyl (C=O) groups is 1. The molecule has 1 aromatic carbocycles. The molecule has 4 nitrogen and oxygen atoms in total. The van der Waals surface area contributed by atoms with Crippen LogP contribution >= 0.6 is 0 Å². The summed E-state index contributed by atoms with van der Waals surface area (Å²) in [5, 5.41) is 12.6. The second kappa shape index (κ2) is 6.71. The predicted molar refractivity (Wildman–Crippen MR) is 91.3 cm³/mol. The molecule has 0 aromatic heterocycles. The van der Waals surface area contributed by atoms with Gasteiger partial charge in [0.05, 0.1) is 0 Å². The maximum absolute atomic E-state index is 13.4. The van der Waals surface area contributed by atoms with E-state index >= 15 is 0 Å². The van der Waals surface area contributed by atoms with Crippen molar-refractivity contribution in [1.82, 2.24) is 10.2 Å². The van der Waals surface area contributed by atoms with Crippen molar-refractivity contribution in [2.24, 2.45) is 5.41 Å². The second-order valence-electron chi connectivity index (χ2n) is 7.45. The normalized spacial score (nSPS) is 21.4. The molecule has 24 heavy (non-hydrogen) atoms. The van der Waals surface area contributed by atoms with Crippen molar-refractivity contribution in [3.8, 4) is 0 Å². The highest BCUT2D eigenvalue weighted by atomic mass is 19.1. The molecule has 2 fully saturated rings. The summed E-state index contributed by atoms with van der Waals surface area (Å²) >= 11 is 0. The number of benzene rings is 1. The number of amides is 2. The molecule has 5 heteroatoms. The number of piperidine rings is 1. The van der Waals surface area contributed by atoms with Gasteiger partial charge in [-0.15, -0.1) is 0 Å². The number of carbonyl (C=O) groups excluding carboxylic acids is 1. The smallest absolute Gasteiger partial charge is 0.317 e. The largest absolute Gasteiger partial charge is 0.396 e. The summed E-state index contributed by atoms with van der Waals surface area (Å²) in [6.07, 6.45) is 4.62. The molecule has 2 amide bonds. The maximum atomic E-state index is 13.4. The first kappa shape index (κ1) is 17.2. The lowest BCUT2D eigenvalue weighted by atomic mass is 9.77. The van der Waals surface area contributed by atoms with Gasteiger partial charge in [0.25, 0.3) is 0 Å². The van der Waals surface area contributed by atoms with Crippen LogP contribution in [0.5, 0.6) is 0 Å². The molecule has 1 saturated carbocycles. The van der Waals surface area contributed by atoms with E-state index in [0.717, 1.165) is 37.7 Å². The van der Waals surface area contributed by atoms with Gasteiger partial charge in [0.15, 0.2) is 0 Å². The van der Waals surface area contributed by atoms with Gasteiger partial charge in [-0.05, 0) is 55.2 Å². The molecular weight excluding hydrogens is 307 g/mol. The number of nitrogens with zero attached hydrogens (tertiary/aromatic N) is 1. The van der Waals surface area contributed by atoms with E-state index < -0.39 is 0 Å². The van der Waals surface area contributed by atoms with Crippen molar-refractivity contribution < 1.29 is 14.3 Å². The molecule has 1 heterocycles. The fourth-order valence-electron chi connectivity index (χ4n) is 3.70. The Morgan fingerprint density at radius 3 is 2.54 bits per heavy atom. The zero-order chi connectivity index (χ0) is 17.2. The van der Waals surface area contributed by atoms with E-state index in [2.05, 4.69) is 12.2 Å². The van der Waals surface area contributed by atoms with Gasteiger partial charge in [0.1, 0.15) is 5.82 Å². The first-order chi connectivity index (χ1) is 11.5. The first-order valence-corrected chi connectivity index (χ1v) is 8.92. The molecule has 2 N–H and O–H groups in total. The van der Waals surface area contributed by atoms with Crippen LogP contribution in [0, 0.1) is 11.2 Å². The van der Waals surface area contributed by atoms with Crippen LogP contribution < -0.4 is 5.32 Å². The monoisotopic (exact) mass is 334 g/mol. The number of aliphatic hydroxyl groups is 1. The quantitative estimate of drug-likeness (QED) is 0.869. The van der Waals surface area contributed by atoms with Crippen molar-refractivity contribution in [3.63, 3.8) is 0 Å². The highest BCUT2D eigenvalue weighted by Crippen LogP contribution is 2.47. The van der Waals surface area contributed by atoms with E-state index in [-0.39, 0.29) is 29.3 Å². The minimum atomic E-state index is -0.221. The van der Waals surface area contributed by atoms with Crippen molar-refractivity contribution >= 4 is 6.03 Å². The van der Waals surface area contributed by atoms with Crippen molar-refractivity contribution in [2.75, 3.05) is 26.2 Å². The molecule has 1 aliphatic heterocycles. The minimum absolute atomic E-state index is 0.0178. The van der Waals surface area contributed by atoms with Crippen LogP contribution in [-0.4, -0.2) is 42.3 Å². The molecule has 2 aliphatic rings. The zero-order valence-corrected chi connectivity index (χ0v) is 14.4. The number of aliphatic hydroxyl groups excluding tert-OH is 1. The SMILES string of the molecule is CCC1(CO)CCN(C(=O)NCC2(c3cccc(F)c3)CC2)CC1. The fraction of sp³-hybridized carbons (Fsp3) is 0.632. The lowest BCUT2D eigenvalue weighted by Crippen LogP contribution is -2.49. The third-order valence-electron chi connectivity index (χ3n) is 6.07. The van der Waals surface area contributed by atoms with Gasteiger partial charge in [-0.3, -0.25) is 0 Å². The molecule has 132 valence electrons. The molecule has 3 rings (SSSR count). The average Bonchev–Trinajstić information content (AvgIpc) is 3.41. The van der Waals surface area contributed by atoms with Crippen molar-refractivity contribution in [1.29, 1.82) is 0 Å². The molecule has 0 bridgehead atoms. The molecule has 1 saturated heterocycles. The number of hydrogen-bond donors (Lipinski definition) is 2. The van der Waals surface area contributed by atoms with Gasteiger partial charge in [-0.25, -0.2) is 9.18 Å². The number of nitrogens with one attached hydrogen (secondary N) is 1. The number of halogens is 1. The molecule has 1 aliphatic carbocycles. The van der Waals surface area contributed by atoms with E-state index in [0.29, 0.717) is 19.6 Å². The lowest BCUT2D eigenvalue weighted by molar-refractivity contribution is 0.0519. The highest BCUT2D eigenvalue weighted by Gasteiger charge is 2.45. The van der Waals surface area contributed by atoms with Gasteiger partial charge in [0.2, 0.25) is 0 Å². The Bertz CT molecular complexity index is 587. The van der Waals surface area contributed by atoms with E-state index in [9.17, 15) is 14.3 Å². The fourth-order valence-corrected chi connectivity index (χ4v) is 3.70. The molecule has 0 spiro atoms. The van der Waals surface area contributed by atoms with E-state index in [4.69, 9.17) is 0 Å². The van der Waals surface area contributed by atoms with Crippen molar-refractivity contribution in [3.05, 3.63) is 35.6 Å². The van der Waals surface area contributed by atoms with Crippen LogP contribution in [-0.2, 0) is 5.41 Å². The van der Waals surface area contributed by atoms with Crippen LogP contribution in [0.3, 0.4) is 0 Å². The molecule has 0 radical (unpaired) electrons. The molecule has 0 atom stereocenters. The number of rotatable bonds is 5. The summed E-state index contributed by atoms with van der Waals surface area (Å²) in [6, 6.07) is 6.67. The second-order valence-corrected chi connectivity index (χ2v) is 7.45. The summed E-state index contributed by atoms with van der Waals surface area (Å²) in [4.78, 5) is 14.3. The Kier molecular flexibility index (Phi) is 4.81. The van der Waals surface area contributed by atoms with Gasteiger partial charge in [0, 0.05) is 31.7 Å². The van der Waals surface area contributed by atoms with E-state index in [1.165, 1.54) is 6.07 Å². The first-order valence-electron chi connectivity index (χ1n) is 8.92. The number of hydrogen-bond acceptors (Lipinski definition) is 2. The summed E-state index contributed by atoms with van der Waals surface area (Å²) in [5.74, 6) is -0.221. The third-order valence-corrected chi connectivity index (χ3v) is 6.07. The Morgan fingerprint density at radius 1 is 1.29 bits per heavy atom. The average molecular weight is 334 g/mol. The van der Waals surface area contributed by atoms with Crippen LogP contribution in [0.1, 0.15) is 44.6 Å².